The third kappa shape index (κ3) is 4.09. The molecule has 0 unspecified atom stereocenters. The largest absolute Gasteiger partial charge is 0.323 e. The van der Waals surface area contributed by atoms with Crippen molar-refractivity contribution in [3.63, 3.8) is 0 Å². The van der Waals surface area contributed by atoms with E-state index >= 15 is 0 Å². The molecular weight excluding hydrogens is 368 g/mol. The molecule has 0 saturated carbocycles. The van der Waals surface area contributed by atoms with Crippen molar-refractivity contribution in [2.45, 2.75) is 17.8 Å². The molecule has 0 bridgehead atoms. The number of nitrogens with one attached hydrogen (secondary N) is 2. The van der Waals surface area contributed by atoms with Crippen LogP contribution in [0.1, 0.15) is 10.4 Å². The molecule has 2 N–H and O–H groups in total. The highest BCUT2D eigenvalue weighted by Gasteiger charge is 2.06. The highest BCUT2D eigenvalue weighted by molar-refractivity contribution is 9.11. The van der Waals surface area contributed by atoms with E-state index in [-0.39, 0.29) is 0 Å². The Morgan fingerprint density at radius 2 is 2.24 bits per heavy atom. The number of thioether (sulfide) groups is 1. The van der Waals surface area contributed by atoms with Crippen LogP contribution in [0.4, 0.5) is 11.6 Å². The predicted octanol–water partition coefficient (Wildman–Crippen LogP) is 4.97. The van der Waals surface area contributed by atoms with E-state index < -0.39 is 0 Å². The fourth-order valence-electron chi connectivity index (χ4n) is 1.79. The second-order valence-corrected chi connectivity index (χ2v) is 7.96. The molecule has 108 valence electrons. The molecule has 3 aromatic rings. The Labute approximate surface area is 139 Å². The van der Waals surface area contributed by atoms with Crippen molar-refractivity contribution in [2.75, 3.05) is 5.32 Å². The Balaban J connectivity index is 1.61. The maximum Gasteiger partial charge on any atom is 0.247 e. The molecule has 0 atom stereocenters. The second-order valence-electron chi connectivity index (χ2n) is 4.45. The molecule has 3 rings (SSSR count). The Bertz CT molecular complexity index is 738. The van der Waals surface area contributed by atoms with Crippen LogP contribution >= 0.6 is 39.0 Å². The van der Waals surface area contributed by atoms with Crippen molar-refractivity contribution in [1.82, 2.24) is 15.2 Å². The third-order valence-corrected chi connectivity index (χ3v) is 5.44. The minimum Gasteiger partial charge on any atom is -0.323 e. The number of hydrogen-bond donors (Lipinski definition) is 2. The first-order valence-electron chi connectivity index (χ1n) is 6.32. The molecule has 0 amide bonds. The highest BCUT2D eigenvalue weighted by Crippen LogP contribution is 2.28. The maximum atomic E-state index is 4.44. The lowest BCUT2D eigenvalue weighted by molar-refractivity contribution is 0.973. The van der Waals surface area contributed by atoms with Gasteiger partial charge in [-0.1, -0.05) is 23.9 Å². The molecule has 0 fully saturated rings. The van der Waals surface area contributed by atoms with E-state index in [9.17, 15) is 0 Å². The van der Waals surface area contributed by atoms with Gasteiger partial charge in [0.25, 0.3) is 0 Å². The molecule has 0 aliphatic carbocycles. The zero-order chi connectivity index (χ0) is 14.7. The van der Waals surface area contributed by atoms with Crippen LogP contribution in [0.15, 0.2) is 45.3 Å². The fourth-order valence-corrected chi connectivity index (χ4v) is 4.12. The van der Waals surface area contributed by atoms with E-state index in [0.717, 1.165) is 20.4 Å². The van der Waals surface area contributed by atoms with Gasteiger partial charge in [-0.3, -0.25) is 5.10 Å². The van der Waals surface area contributed by atoms with Crippen molar-refractivity contribution in [1.29, 1.82) is 0 Å². The number of nitrogens with zero attached hydrogens (tertiary/aromatic N) is 2. The lowest BCUT2D eigenvalue weighted by Crippen LogP contribution is -1.92. The van der Waals surface area contributed by atoms with E-state index in [4.69, 9.17) is 0 Å². The molecular formula is C14H13BrN4S2. The molecule has 4 nitrogen and oxygen atoms in total. The van der Waals surface area contributed by atoms with Gasteiger partial charge >= 0.3 is 0 Å². The van der Waals surface area contributed by atoms with Gasteiger partial charge in [-0.2, -0.15) is 4.98 Å². The first-order chi connectivity index (χ1) is 10.2. The van der Waals surface area contributed by atoms with Gasteiger partial charge < -0.3 is 5.32 Å². The molecule has 2 heterocycles. The highest BCUT2D eigenvalue weighted by atomic mass is 79.9. The maximum absolute atomic E-state index is 4.44. The van der Waals surface area contributed by atoms with Gasteiger partial charge in [0.05, 0.1) is 3.79 Å². The van der Waals surface area contributed by atoms with Gasteiger partial charge in [-0.15, -0.1) is 16.4 Å². The van der Waals surface area contributed by atoms with Crippen LogP contribution in [0.3, 0.4) is 0 Å². The number of hydrogen-bond acceptors (Lipinski definition) is 5. The molecule has 21 heavy (non-hydrogen) atoms. The number of aromatic nitrogens is 3. The van der Waals surface area contributed by atoms with E-state index in [1.54, 1.807) is 23.1 Å². The number of anilines is 2. The Morgan fingerprint density at radius 1 is 1.33 bits per heavy atom. The summed E-state index contributed by atoms with van der Waals surface area (Å²) in [5.41, 5.74) is 2.20. The van der Waals surface area contributed by atoms with Crippen LogP contribution in [-0.4, -0.2) is 15.2 Å². The summed E-state index contributed by atoms with van der Waals surface area (Å²) in [7, 11) is 0. The molecule has 0 radical (unpaired) electrons. The molecule has 1 aromatic carbocycles. The van der Waals surface area contributed by atoms with E-state index in [0.29, 0.717) is 5.95 Å². The lowest BCUT2D eigenvalue weighted by Gasteiger charge is -2.01. The molecule has 7 heteroatoms. The number of H-pyrrole nitrogens is 1. The summed E-state index contributed by atoms with van der Waals surface area (Å²) in [6.45, 7) is 2.06. The zero-order valence-electron chi connectivity index (χ0n) is 11.3. The quantitative estimate of drug-likeness (QED) is 0.613. The van der Waals surface area contributed by atoms with Gasteiger partial charge in [0.1, 0.15) is 0 Å². The standard InChI is InChI=1S/C14H13BrN4S2/c1-9-3-2-4-10(7-9)16-13-17-14(19-18-13)20-8-11-5-6-12(15)21-11/h2-7H,8H2,1H3,(H2,16,17,18,19). The van der Waals surface area contributed by atoms with Crippen molar-refractivity contribution < 1.29 is 0 Å². The molecule has 0 aliphatic heterocycles. The summed E-state index contributed by atoms with van der Waals surface area (Å²) < 4.78 is 1.15. The first-order valence-corrected chi connectivity index (χ1v) is 8.92. The summed E-state index contributed by atoms with van der Waals surface area (Å²) >= 11 is 6.85. The van der Waals surface area contributed by atoms with Crippen LogP contribution in [0.2, 0.25) is 0 Å². The topological polar surface area (TPSA) is 53.6 Å². The normalized spacial score (nSPS) is 10.8. The van der Waals surface area contributed by atoms with E-state index in [1.165, 1.54) is 10.4 Å². The summed E-state index contributed by atoms with van der Waals surface area (Å²) in [6.07, 6.45) is 0. The van der Waals surface area contributed by atoms with Crippen molar-refractivity contribution >= 4 is 50.7 Å². The van der Waals surface area contributed by atoms with Crippen molar-refractivity contribution in [2.24, 2.45) is 0 Å². The first kappa shape index (κ1) is 14.6. The second kappa shape index (κ2) is 6.64. The van der Waals surface area contributed by atoms with Gasteiger partial charge in [-0.05, 0) is 52.7 Å². The Hall–Kier alpha value is -1.31. The van der Waals surface area contributed by atoms with Crippen molar-refractivity contribution in [3.8, 4) is 0 Å². The predicted molar refractivity (Wildman–Crippen MR) is 92.4 cm³/mol. The lowest BCUT2D eigenvalue weighted by atomic mass is 10.2. The monoisotopic (exact) mass is 380 g/mol. The van der Waals surface area contributed by atoms with Crippen LogP contribution in [-0.2, 0) is 5.75 Å². The fraction of sp³-hybridized carbons (Fsp3) is 0.143. The number of thiophene rings is 1. The Morgan fingerprint density at radius 3 is 3.00 bits per heavy atom. The van der Waals surface area contributed by atoms with E-state index in [1.807, 2.05) is 12.1 Å². The third-order valence-electron chi connectivity index (χ3n) is 2.72. The summed E-state index contributed by atoms with van der Waals surface area (Å²) in [5.74, 6) is 1.48. The smallest absolute Gasteiger partial charge is 0.247 e. The SMILES string of the molecule is Cc1cccc(Nc2n[nH]c(SCc3ccc(Br)s3)n2)c1. The average Bonchev–Trinajstić information content (AvgIpc) is 3.06. The zero-order valence-corrected chi connectivity index (χ0v) is 14.5. The number of aryl methyl sites for hydroxylation is 1. The van der Waals surface area contributed by atoms with E-state index in [2.05, 4.69) is 67.6 Å². The molecule has 2 aromatic heterocycles. The van der Waals surface area contributed by atoms with Crippen LogP contribution in [0.25, 0.3) is 0 Å². The minimum atomic E-state index is 0.593. The van der Waals surface area contributed by atoms with Crippen LogP contribution in [0.5, 0.6) is 0 Å². The molecule has 0 aliphatic rings. The summed E-state index contributed by atoms with van der Waals surface area (Å²) in [5, 5.41) is 11.1. The van der Waals surface area contributed by atoms with Gasteiger partial charge in [-0.25, -0.2) is 0 Å². The van der Waals surface area contributed by atoms with Gasteiger partial charge in [0.15, 0.2) is 5.16 Å². The number of benzene rings is 1. The number of aromatic amines is 1. The summed E-state index contributed by atoms with van der Waals surface area (Å²) in [6, 6.07) is 12.3. The summed E-state index contributed by atoms with van der Waals surface area (Å²) in [4.78, 5) is 5.74. The average molecular weight is 381 g/mol. The van der Waals surface area contributed by atoms with Crippen LogP contribution < -0.4 is 5.32 Å². The number of rotatable bonds is 5. The molecule has 0 saturated heterocycles. The minimum absolute atomic E-state index is 0.593. The molecule has 0 spiro atoms. The number of halogens is 1. The Kier molecular flexibility index (Phi) is 4.62. The van der Waals surface area contributed by atoms with Gasteiger partial charge in [0.2, 0.25) is 5.95 Å². The van der Waals surface area contributed by atoms with Gasteiger partial charge in [0, 0.05) is 16.3 Å². The van der Waals surface area contributed by atoms with Crippen LogP contribution in [0, 0.1) is 6.92 Å². The van der Waals surface area contributed by atoms with Crippen molar-refractivity contribution in [3.05, 3.63) is 50.6 Å².